The van der Waals surface area contributed by atoms with Crippen LogP contribution in [0.5, 0.6) is 0 Å². The fraction of sp³-hybridized carbons (Fsp3) is 0.435. The van der Waals surface area contributed by atoms with Crippen molar-refractivity contribution in [1.29, 1.82) is 0 Å². The summed E-state index contributed by atoms with van der Waals surface area (Å²) in [5.74, 6) is -0.601. The molecule has 0 radical (unpaired) electrons. The van der Waals surface area contributed by atoms with Crippen molar-refractivity contribution >= 4 is 17.5 Å². The van der Waals surface area contributed by atoms with Crippen molar-refractivity contribution < 1.29 is 18.0 Å². The SMILES string of the molecule is CCN(C)C1(C(NC(=O)c2cccc(C(F)(F)F)c2Cl)c2ccccc2)CCCC1. The number of alkyl halides is 3. The number of hydrogen-bond donors (Lipinski definition) is 1. The van der Waals surface area contributed by atoms with E-state index in [9.17, 15) is 18.0 Å². The molecule has 0 aliphatic heterocycles. The summed E-state index contributed by atoms with van der Waals surface area (Å²) >= 11 is 6.01. The van der Waals surface area contributed by atoms with Crippen molar-refractivity contribution in [2.24, 2.45) is 0 Å². The lowest BCUT2D eigenvalue weighted by Gasteiger charge is -2.45. The molecule has 7 heteroatoms. The molecule has 0 spiro atoms. The molecule has 1 N–H and O–H groups in total. The minimum absolute atomic E-state index is 0.167. The molecule has 3 rings (SSSR count). The van der Waals surface area contributed by atoms with Gasteiger partial charge in [-0.15, -0.1) is 0 Å². The molecule has 162 valence electrons. The van der Waals surface area contributed by atoms with Crippen LogP contribution in [0.4, 0.5) is 13.2 Å². The first-order valence-electron chi connectivity index (χ1n) is 10.1. The molecule has 2 aromatic rings. The van der Waals surface area contributed by atoms with Crippen molar-refractivity contribution in [3.05, 3.63) is 70.2 Å². The summed E-state index contributed by atoms with van der Waals surface area (Å²) in [6.07, 6.45) is -0.760. The molecule has 1 unspecified atom stereocenters. The molecule has 1 aliphatic carbocycles. The van der Waals surface area contributed by atoms with Crippen LogP contribution in [0.2, 0.25) is 5.02 Å². The molecule has 1 amide bonds. The number of carbonyl (C=O) groups is 1. The van der Waals surface area contributed by atoms with E-state index in [1.54, 1.807) is 0 Å². The number of benzene rings is 2. The second-order valence-corrected chi connectivity index (χ2v) is 8.18. The van der Waals surface area contributed by atoms with Crippen LogP contribution in [0.25, 0.3) is 0 Å². The highest BCUT2D eigenvalue weighted by Crippen LogP contribution is 2.44. The number of nitrogens with one attached hydrogen (secondary N) is 1. The van der Waals surface area contributed by atoms with Gasteiger partial charge in [0.1, 0.15) is 0 Å². The molecular weight excluding hydrogens is 413 g/mol. The van der Waals surface area contributed by atoms with Crippen molar-refractivity contribution in [1.82, 2.24) is 10.2 Å². The van der Waals surface area contributed by atoms with Gasteiger partial charge < -0.3 is 5.32 Å². The molecule has 0 aromatic heterocycles. The largest absolute Gasteiger partial charge is 0.417 e. The molecular formula is C23H26ClF3N2O. The Hall–Kier alpha value is -2.05. The number of rotatable bonds is 6. The fourth-order valence-corrected chi connectivity index (χ4v) is 4.82. The van der Waals surface area contributed by atoms with Gasteiger partial charge in [-0.1, -0.05) is 67.8 Å². The molecule has 1 saturated carbocycles. The van der Waals surface area contributed by atoms with Gasteiger partial charge in [-0.05, 0) is 44.1 Å². The Morgan fingerprint density at radius 2 is 1.77 bits per heavy atom. The molecule has 3 nitrogen and oxygen atoms in total. The molecule has 1 atom stereocenters. The highest BCUT2D eigenvalue weighted by atomic mass is 35.5. The molecule has 0 bridgehead atoms. The third-order valence-electron chi connectivity index (χ3n) is 6.20. The van der Waals surface area contributed by atoms with Crippen molar-refractivity contribution in [3.8, 4) is 0 Å². The first-order chi connectivity index (χ1) is 14.2. The Labute approximate surface area is 180 Å². The maximum Gasteiger partial charge on any atom is 0.417 e. The second kappa shape index (κ2) is 8.98. The summed E-state index contributed by atoms with van der Waals surface area (Å²) in [4.78, 5) is 15.4. The summed E-state index contributed by atoms with van der Waals surface area (Å²) in [5, 5.41) is 2.46. The van der Waals surface area contributed by atoms with E-state index in [2.05, 4.69) is 17.1 Å². The monoisotopic (exact) mass is 438 g/mol. The minimum atomic E-state index is -4.62. The first kappa shape index (κ1) is 22.6. The summed E-state index contributed by atoms with van der Waals surface area (Å²) in [5.41, 5.74) is -0.551. The Kier molecular flexibility index (Phi) is 6.78. The molecule has 0 heterocycles. The normalized spacial score (nSPS) is 17.2. The van der Waals surface area contributed by atoms with Crippen molar-refractivity contribution in [2.75, 3.05) is 13.6 Å². The summed E-state index contributed by atoms with van der Waals surface area (Å²) in [6.45, 7) is 2.86. The van der Waals surface area contributed by atoms with E-state index in [0.717, 1.165) is 43.9 Å². The predicted molar refractivity (Wildman–Crippen MR) is 113 cm³/mol. The molecule has 30 heavy (non-hydrogen) atoms. The van der Waals surface area contributed by atoms with Crippen molar-refractivity contribution in [3.63, 3.8) is 0 Å². The van der Waals surface area contributed by atoms with E-state index in [1.807, 2.05) is 37.4 Å². The molecule has 1 aliphatic rings. The minimum Gasteiger partial charge on any atom is -0.343 e. The maximum absolute atomic E-state index is 13.3. The van der Waals surface area contributed by atoms with Gasteiger partial charge in [0.2, 0.25) is 0 Å². The van der Waals surface area contributed by atoms with Crippen molar-refractivity contribution in [2.45, 2.75) is 50.4 Å². The maximum atomic E-state index is 13.3. The summed E-state index contributed by atoms with van der Waals surface area (Å²) in [6, 6.07) is 12.7. The Morgan fingerprint density at radius 1 is 1.13 bits per heavy atom. The van der Waals surface area contributed by atoms with Crippen LogP contribution in [0, 0.1) is 0 Å². The Balaban J connectivity index is 2.02. The van der Waals surface area contributed by atoms with E-state index in [4.69, 9.17) is 11.6 Å². The van der Waals surface area contributed by atoms with Crippen LogP contribution in [0.15, 0.2) is 48.5 Å². The topological polar surface area (TPSA) is 32.3 Å². The third kappa shape index (κ3) is 4.35. The molecule has 2 aromatic carbocycles. The number of carbonyl (C=O) groups excluding carboxylic acids is 1. The van der Waals surface area contributed by atoms with Crippen LogP contribution in [-0.2, 0) is 6.18 Å². The van der Waals surface area contributed by atoms with Crippen LogP contribution in [-0.4, -0.2) is 29.9 Å². The fourth-order valence-electron chi connectivity index (χ4n) is 4.50. The average Bonchev–Trinajstić information content (AvgIpc) is 3.22. The van der Waals surface area contributed by atoms with E-state index in [0.29, 0.717) is 0 Å². The second-order valence-electron chi connectivity index (χ2n) is 7.81. The van der Waals surface area contributed by atoms with Gasteiger partial charge in [-0.2, -0.15) is 13.2 Å². The van der Waals surface area contributed by atoms with Crippen LogP contribution in [0.3, 0.4) is 0 Å². The highest BCUT2D eigenvalue weighted by Gasteiger charge is 2.45. The lowest BCUT2D eigenvalue weighted by molar-refractivity contribution is -0.137. The predicted octanol–water partition coefficient (Wildman–Crippen LogP) is 6.09. The number of hydrogen-bond acceptors (Lipinski definition) is 2. The van der Waals surface area contributed by atoms with Gasteiger partial charge >= 0.3 is 6.18 Å². The van der Waals surface area contributed by atoms with Crippen LogP contribution in [0.1, 0.15) is 60.1 Å². The Morgan fingerprint density at radius 3 is 2.33 bits per heavy atom. The third-order valence-corrected chi connectivity index (χ3v) is 6.61. The molecule has 1 fully saturated rings. The van der Waals surface area contributed by atoms with Crippen LogP contribution < -0.4 is 5.32 Å². The van der Waals surface area contributed by atoms with Gasteiger partial charge in [-0.25, -0.2) is 0 Å². The van der Waals surface area contributed by atoms with Gasteiger partial charge in [-0.3, -0.25) is 9.69 Å². The van der Waals surface area contributed by atoms with Gasteiger partial charge in [0.15, 0.2) is 0 Å². The van der Waals surface area contributed by atoms with Gasteiger partial charge in [0, 0.05) is 5.54 Å². The van der Waals surface area contributed by atoms with E-state index in [1.165, 1.54) is 12.1 Å². The van der Waals surface area contributed by atoms with E-state index >= 15 is 0 Å². The quantitative estimate of drug-likeness (QED) is 0.591. The standard InChI is InChI=1S/C23H26ClF3N2O/c1-3-29(2)22(14-7-8-15-22)20(16-10-5-4-6-11-16)28-21(30)17-12-9-13-18(19(17)24)23(25,26)27/h4-6,9-13,20H,3,7-8,14-15H2,1-2H3,(H,28,30). The van der Waals surface area contributed by atoms with Gasteiger partial charge in [0.05, 0.1) is 22.2 Å². The lowest BCUT2D eigenvalue weighted by atomic mass is 9.81. The number of likely N-dealkylation sites (N-methyl/N-ethyl adjacent to an activating group) is 1. The first-order valence-corrected chi connectivity index (χ1v) is 10.5. The number of nitrogens with zero attached hydrogens (tertiary/aromatic N) is 1. The zero-order valence-corrected chi connectivity index (χ0v) is 17.9. The summed E-state index contributed by atoms with van der Waals surface area (Å²) < 4.78 is 39.8. The zero-order valence-electron chi connectivity index (χ0n) is 17.1. The average molecular weight is 439 g/mol. The number of amides is 1. The Bertz CT molecular complexity index is 880. The lowest BCUT2D eigenvalue weighted by Crippen LogP contribution is -2.54. The summed E-state index contributed by atoms with van der Waals surface area (Å²) in [7, 11) is 2.03. The smallest absolute Gasteiger partial charge is 0.343 e. The highest BCUT2D eigenvalue weighted by molar-refractivity contribution is 6.34. The molecule has 0 saturated heterocycles. The number of halogens is 4. The van der Waals surface area contributed by atoms with E-state index < -0.39 is 22.7 Å². The van der Waals surface area contributed by atoms with E-state index in [-0.39, 0.29) is 17.1 Å². The van der Waals surface area contributed by atoms with Crippen LogP contribution >= 0.6 is 11.6 Å². The van der Waals surface area contributed by atoms with Gasteiger partial charge in [0.25, 0.3) is 5.91 Å². The zero-order chi connectivity index (χ0) is 21.9.